The van der Waals surface area contributed by atoms with E-state index < -0.39 is 40.5 Å². The zero-order valence-corrected chi connectivity index (χ0v) is 18.7. The van der Waals surface area contributed by atoms with Crippen molar-refractivity contribution in [2.75, 3.05) is 0 Å². The van der Waals surface area contributed by atoms with Gasteiger partial charge in [0.25, 0.3) is 6.33 Å². The molecule has 0 aliphatic carbocycles. The van der Waals surface area contributed by atoms with Crippen molar-refractivity contribution >= 4 is 5.97 Å². The summed E-state index contributed by atoms with van der Waals surface area (Å²) in [7, 11) is 0. The predicted molar refractivity (Wildman–Crippen MR) is 109 cm³/mol. The van der Waals surface area contributed by atoms with Gasteiger partial charge >= 0.3 is 5.97 Å². The van der Waals surface area contributed by atoms with E-state index >= 15 is 0 Å². The Balaban J connectivity index is 1.95. The second-order valence-electron chi connectivity index (χ2n) is 8.73. The minimum Gasteiger partial charge on any atom is -0.458 e. The molecule has 33 heavy (non-hydrogen) atoms. The van der Waals surface area contributed by atoms with Crippen LogP contribution >= 0.6 is 0 Å². The van der Waals surface area contributed by atoms with Crippen LogP contribution in [0.15, 0.2) is 43.4 Å². The molecule has 0 amide bonds. The standard InChI is InChI=1S/C22H25F3N5O3/c1-14(20-18(25)8-26-11-27-20)22(32,16-6-5-15(23)7-17(16)24)10-30-13-29(12-28-30)9-19(31)33-21(2,3)4/h5-8,11-14,32H,9-10H2,1-4H3/q+1/t14-,22+/m0/s1. The molecule has 0 fully saturated rings. The lowest BCUT2D eigenvalue weighted by atomic mass is 9.79. The fourth-order valence-electron chi connectivity index (χ4n) is 3.46. The molecule has 176 valence electrons. The number of aromatic nitrogens is 5. The van der Waals surface area contributed by atoms with Crippen LogP contribution in [-0.4, -0.2) is 36.4 Å². The number of hydrogen-bond acceptors (Lipinski definition) is 6. The maximum Gasteiger partial charge on any atom is 0.341 e. The van der Waals surface area contributed by atoms with Gasteiger partial charge in [-0.3, -0.25) is 0 Å². The summed E-state index contributed by atoms with van der Waals surface area (Å²) in [6.45, 7) is 6.20. The number of ether oxygens (including phenoxy) is 1. The van der Waals surface area contributed by atoms with Crippen molar-refractivity contribution in [2.45, 2.75) is 57.9 Å². The van der Waals surface area contributed by atoms with Gasteiger partial charge in [-0.25, -0.2) is 32.5 Å². The molecule has 0 saturated carbocycles. The highest BCUT2D eigenvalue weighted by Crippen LogP contribution is 2.39. The molecule has 2 aromatic heterocycles. The number of hydrogen-bond donors (Lipinski definition) is 1. The van der Waals surface area contributed by atoms with Gasteiger partial charge in [-0.2, -0.15) is 0 Å². The van der Waals surface area contributed by atoms with Crippen LogP contribution in [0.1, 0.15) is 44.9 Å². The van der Waals surface area contributed by atoms with E-state index in [2.05, 4.69) is 15.1 Å². The molecule has 11 heteroatoms. The Kier molecular flexibility index (Phi) is 6.82. The van der Waals surface area contributed by atoms with E-state index in [1.807, 2.05) is 0 Å². The summed E-state index contributed by atoms with van der Waals surface area (Å²) >= 11 is 0. The molecule has 0 radical (unpaired) electrons. The summed E-state index contributed by atoms with van der Waals surface area (Å²) in [6.07, 6.45) is 4.79. The normalized spacial score (nSPS) is 14.5. The fraction of sp³-hybridized carbons (Fsp3) is 0.409. The smallest absolute Gasteiger partial charge is 0.341 e. The van der Waals surface area contributed by atoms with Gasteiger partial charge in [0.05, 0.1) is 11.9 Å². The lowest BCUT2D eigenvalue weighted by Gasteiger charge is -2.32. The molecule has 2 atom stereocenters. The van der Waals surface area contributed by atoms with Crippen LogP contribution in [0.3, 0.4) is 0 Å². The first-order valence-corrected chi connectivity index (χ1v) is 10.2. The zero-order chi connectivity index (χ0) is 24.4. The van der Waals surface area contributed by atoms with Crippen LogP contribution in [0.25, 0.3) is 0 Å². The molecule has 0 aliphatic rings. The summed E-state index contributed by atoms with van der Waals surface area (Å²) in [6, 6.07) is 2.73. The molecule has 8 nitrogen and oxygen atoms in total. The van der Waals surface area contributed by atoms with Gasteiger partial charge in [-0.1, -0.05) is 13.0 Å². The average Bonchev–Trinajstić information content (AvgIpc) is 3.12. The Labute approximate surface area is 188 Å². The van der Waals surface area contributed by atoms with E-state index in [0.29, 0.717) is 6.07 Å². The van der Waals surface area contributed by atoms with Gasteiger partial charge < -0.3 is 9.84 Å². The minimum atomic E-state index is -2.08. The van der Waals surface area contributed by atoms with E-state index in [1.54, 1.807) is 20.8 Å². The summed E-state index contributed by atoms with van der Waals surface area (Å²) in [5.41, 5.74) is -3.15. The topological polar surface area (TPSA) is 94.0 Å². The molecule has 0 unspecified atom stereocenters. The second-order valence-corrected chi connectivity index (χ2v) is 8.73. The van der Waals surface area contributed by atoms with Gasteiger partial charge in [-0.15, -0.1) is 4.68 Å². The van der Waals surface area contributed by atoms with Crippen molar-refractivity contribution in [3.63, 3.8) is 0 Å². The molecule has 3 rings (SSSR count). The largest absolute Gasteiger partial charge is 0.458 e. The Morgan fingerprint density at radius 2 is 1.97 bits per heavy atom. The monoisotopic (exact) mass is 464 g/mol. The number of carbonyl (C=O) groups is 1. The van der Waals surface area contributed by atoms with E-state index in [9.17, 15) is 23.1 Å². The number of esters is 1. The molecular weight excluding hydrogens is 439 g/mol. The summed E-state index contributed by atoms with van der Waals surface area (Å²) in [4.78, 5) is 19.6. The van der Waals surface area contributed by atoms with Gasteiger partial charge in [0, 0.05) is 22.6 Å². The number of halogens is 3. The molecule has 3 aromatic rings. The van der Waals surface area contributed by atoms with Crippen LogP contribution in [0, 0.1) is 17.5 Å². The van der Waals surface area contributed by atoms with Gasteiger partial charge in [-0.05, 0) is 26.8 Å². The van der Waals surface area contributed by atoms with Crippen LogP contribution in [0.5, 0.6) is 0 Å². The fourth-order valence-corrected chi connectivity index (χ4v) is 3.46. The Morgan fingerprint density at radius 1 is 1.24 bits per heavy atom. The third kappa shape index (κ3) is 5.72. The Morgan fingerprint density at radius 3 is 2.61 bits per heavy atom. The molecule has 0 saturated heterocycles. The van der Waals surface area contributed by atoms with Crippen molar-refractivity contribution in [2.24, 2.45) is 0 Å². The predicted octanol–water partition coefficient (Wildman–Crippen LogP) is 2.41. The van der Waals surface area contributed by atoms with Gasteiger partial charge in [0.15, 0.2) is 12.4 Å². The van der Waals surface area contributed by atoms with E-state index in [-0.39, 0.29) is 24.3 Å². The van der Waals surface area contributed by atoms with E-state index in [0.717, 1.165) is 24.7 Å². The molecule has 1 aromatic carbocycles. The summed E-state index contributed by atoms with van der Waals surface area (Å²) in [5, 5.41) is 15.8. The van der Waals surface area contributed by atoms with Crippen LogP contribution in [0.2, 0.25) is 0 Å². The highest BCUT2D eigenvalue weighted by Gasteiger charge is 2.43. The molecule has 0 bridgehead atoms. The molecule has 0 spiro atoms. The zero-order valence-electron chi connectivity index (χ0n) is 18.7. The number of carbonyl (C=O) groups excluding carboxylic acids is 1. The summed E-state index contributed by atoms with van der Waals surface area (Å²) < 4.78 is 50.6. The number of aliphatic hydroxyl groups is 1. The van der Waals surface area contributed by atoms with Crippen LogP contribution in [0.4, 0.5) is 13.2 Å². The number of rotatable bonds is 7. The average molecular weight is 464 g/mol. The number of benzene rings is 1. The third-order valence-corrected chi connectivity index (χ3v) is 4.98. The van der Waals surface area contributed by atoms with Crippen LogP contribution < -0.4 is 4.57 Å². The van der Waals surface area contributed by atoms with Gasteiger partial charge in [0.2, 0.25) is 6.33 Å². The van der Waals surface area contributed by atoms with Crippen LogP contribution in [-0.2, 0) is 28.2 Å². The summed E-state index contributed by atoms with van der Waals surface area (Å²) in [5.74, 6) is -4.19. The van der Waals surface area contributed by atoms with Crippen molar-refractivity contribution in [3.8, 4) is 0 Å². The molecular formula is C22H25F3N5O3+. The van der Waals surface area contributed by atoms with Crippen molar-refractivity contribution in [1.29, 1.82) is 0 Å². The first-order chi connectivity index (χ1) is 15.4. The van der Waals surface area contributed by atoms with E-state index in [4.69, 9.17) is 4.74 Å². The first kappa shape index (κ1) is 24.3. The maximum absolute atomic E-state index is 14.7. The quantitative estimate of drug-likeness (QED) is 0.426. The maximum atomic E-state index is 14.7. The van der Waals surface area contributed by atoms with Crippen molar-refractivity contribution < 1.29 is 32.4 Å². The number of nitrogens with zero attached hydrogens (tertiary/aromatic N) is 5. The minimum absolute atomic E-state index is 0.142. The molecule has 1 N–H and O–H groups in total. The lowest BCUT2D eigenvalue weighted by molar-refractivity contribution is -0.687. The SMILES string of the molecule is C[C@@H](c1ncncc1F)[C@](O)(Cn1c[n+](CC(=O)OC(C)(C)C)cn1)c1ccc(F)cc1F. The lowest BCUT2D eigenvalue weighted by Crippen LogP contribution is -2.41. The van der Waals surface area contributed by atoms with Crippen molar-refractivity contribution in [3.05, 3.63) is 72.1 Å². The van der Waals surface area contributed by atoms with Gasteiger partial charge in [0.1, 0.15) is 35.7 Å². The highest BCUT2D eigenvalue weighted by atomic mass is 19.1. The first-order valence-electron chi connectivity index (χ1n) is 10.2. The van der Waals surface area contributed by atoms with E-state index in [1.165, 1.54) is 28.8 Å². The second kappa shape index (κ2) is 9.26. The molecule has 2 heterocycles. The Hall–Kier alpha value is -3.34. The van der Waals surface area contributed by atoms with Crippen molar-refractivity contribution in [1.82, 2.24) is 19.7 Å². The third-order valence-electron chi connectivity index (χ3n) is 4.98. The Bertz CT molecular complexity index is 1150. The molecule has 0 aliphatic heterocycles. The highest BCUT2D eigenvalue weighted by molar-refractivity contribution is 5.68.